The summed E-state index contributed by atoms with van der Waals surface area (Å²) < 4.78 is 0. The summed E-state index contributed by atoms with van der Waals surface area (Å²) in [5.74, 6) is 3.34. The molecule has 2 heteroatoms. The Hall–Kier alpha value is -1.28. The second-order valence-electron chi connectivity index (χ2n) is 11.8. The van der Waals surface area contributed by atoms with Crippen molar-refractivity contribution in [2.24, 2.45) is 34.5 Å². The minimum Gasteiger partial charge on any atom is -0.388 e. The van der Waals surface area contributed by atoms with Crippen LogP contribution in [0.2, 0.25) is 0 Å². The molecule has 164 valence electrons. The van der Waals surface area contributed by atoms with E-state index < -0.39 is 0 Å². The summed E-state index contributed by atoms with van der Waals surface area (Å²) in [5.41, 5.74) is 4.40. The Balaban J connectivity index is 1.41. The molecule has 1 N–H and O–H groups in total. The average molecular weight is 408 g/mol. The van der Waals surface area contributed by atoms with Crippen molar-refractivity contribution in [1.29, 1.82) is 0 Å². The first-order valence-corrected chi connectivity index (χ1v) is 12.5. The quantitative estimate of drug-likeness (QED) is 0.602. The lowest BCUT2D eigenvalue weighted by Gasteiger charge is -2.60. The normalized spacial score (nSPS) is 44.3. The molecule has 0 heterocycles. The SMILES string of the molecule is CN(C)c1ccc(/C=C2\C[C@H]3[C@@H]4CC[C@H]5CCCC[C@]5(C)[C@H]4CC[C@]3(C)[C@@H]2O)cc1. The molecule has 0 aromatic heterocycles. The van der Waals surface area contributed by atoms with Crippen molar-refractivity contribution in [3.63, 3.8) is 0 Å². The first-order chi connectivity index (χ1) is 14.3. The third-order valence-corrected chi connectivity index (χ3v) is 10.2. The monoisotopic (exact) mass is 407 g/mol. The summed E-state index contributed by atoms with van der Waals surface area (Å²) in [6.45, 7) is 5.05. The Kier molecular flexibility index (Phi) is 5.08. The van der Waals surface area contributed by atoms with Gasteiger partial charge in [-0.15, -0.1) is 0 Å². The molecule has 30 heavy (non-hydrogen) atoms. The number of aliphatic hydroxyl groups is 1. The third kappa shape index (κ3) is 3.08. The van der Waals surface area contributed by atoms with E-state index in [0.717, 1.165) is 24.2 Å². The summed E-state index contributed by atoms with van der Waals surface area (Å²) in [6.07, 6.45) is 14.3. The molecule has 0 radical (unpaired) electrons. The van der Waals surface area contributed by atoms with Crippen molar-refractivity contribution in [3.8, 4) is 0 Å². The lowest BCUT2D eigenvalue weighted by molar-refractivity contribution is -0.119. The molecule has 0 saturated heterocycles. The van der Waals surface area contributed by atoms with Gasteiger partial charge in [0.15, 0.2) is 0 Å². The van der Waals surface area contributed by atoms with Gasteiger partial charge in [-0.05, 0) is 97.3 Å². The Morgan fingerprint density at radius 2 is 1.67 bits per heavy atom. The number of hydrogen-bond donors (Lipinski definition) is 1. The average Bonchev–Trinajstić information content (AvgIpc) is 2.98. The molecule has 0 bridgehead atoms. The summed E-state index contributed by atoms with van der Waals surface area (Å²) in [4.78, 5) is 2.14. The van der Waals surface area contributed by atoms with E-state index in [1.807, 2.05) is 0 Å². The van der Waals surface area contributed by atoms with Crippen molar-refractivity contribution in [2.75, 3.05) is 19.0 Å². The van der Waals surface area contributed by atoms with E-state index in [1.165, 1.54) is 68.2 Å². The molecule has 2 nitrogen and oxygen atoms in total. The topological polar surface area (TPSA) is 23.5 Å². The highest BCUT2D eigenvalue weighted by Gasteiger charge is 2.60. The highest BCUT2D eigenvalue weighted by molar-refractivity contribution is 5.59. The number of nitrogens with zero attached hydrogens (tertiary/aromatic N) is 1. The van der Waals surface area contributed by atoms with Gasteiger partial charge >= 0.3 is 0 Å². The van der Waals surface area contributed by atoms with Gasteiger partial charge < -0.3 is 10.0 Å². The maximum atomic E-state index is 11.5. The first-order valence-electron chi connectivity index (χ1n) is 12.5. The van der Waals surface area contributed by atoms with Crippen LogP contribution in [-0.2, 0) is 0 Å². The minimum atomic E-state index is -0.270. The fraction of sp³-hybridized carbons (Fsp3) is 0.714. The number of anilines is 1. The fourth-order valence-electron chi connectivity index (χ4n) is 8.38. The van der Waals surface area contributed by atoms with Gasteiger partial charge in [0.1, 0.15) is 0 Å². The molecule has 0 spiro atoms. The predicted octanol–water partition coefficient (Wildman–Crippen LogP) is 6.54. The molecular formula is C28H41NO. The zero-order valence-corrected chi connectivity index (χ0v) is 19.5. The molecule has 4 saturated carbocycles. The smallest absolute Gasteiger partial charge is 0.0809 e. The number of rotatable bonds is 2. The first kappa shape index (κ1) is 20.6. The van der Waals surface area contributed by atoms with Gasteiger partial charge in [0.25, 0.3) is 0 Å². The number of hydrogen-bond acceptors (Lipinski definition) is 2. The maximum absolute atomic E-state index is 11.5. The maximum Gasteiger partial charge on any atom is 0.0809 e. The van der Waals surface area contributed by atoms with Gasteiger partial charge in [-0.25, -0.2) is 0 Å². The van der Waals surface area contributed by atoms with Crippen LogP contribution in [0.25, 0.3) is 6.08 Å². The van der Waals surface area contributed by atoms with Crippen LogP contribution < -0.4 is 4.90 Å². The fourth-order valence-corrected chi connectivity index (χ4v) is 8.38. The van der Waals surface area contributed by atoms with Crippen molar-refractivity contribution in [1.82, 2.24) is 0 Å². The lowest BCUT2D eigenvalue weighted by Crippen LogP contribution is -2.53. The van der Waals surface area contributed by atoms with Gasteiger partial charge in [-0.2, -0.15) is 0 Å². The van der Waals surface area contributed by atoms with E-state index in [-0.39, 0.29) is 11.5 Å². The summed E-state index contributed by atoms with van der Waals surface area (Å²) >= 11 is 0. The molecule has 4 fully saturated rings. The van der Waals surface area contributed by atoms with Crippen LogP contribution in [0, 0.1) is 34.5 Å². The number of fused-ring (bicyclic) bond motifs is 5. The molecule has 0 aliphatic heterocycles. The van der Waals surface area contributed by atoms with E-state index >= 15 is 0 Å². The van der Waals surface area contributed by atoms with E-state index in [0.29, 0.717) is 11.3 Å². The van der Waals surface area contributed by atoms with Gasteiger partial charge in [-0.3, -0.25) is 0 Å². The van der Waals surface area contributed by atoms with Crippen LogP contribution in [0.5, 0.6) is 0 Å². The Morgan fingerprint density at radius 3 is 2.40 bits per heavy atom. The second kappa shape index (κ2) is 7.40. The van der Waals surface area contributed by atoms with E-state index in [1.54, 1.807) is 0 Å². The van der Waals surface area contributed by atoms with Gasteiger partial charge in [0.05, 0.1) is 6.10 Å². The summed E-state index contributed by atoms with van der Waals surface area (Å²) in [5, 5.41) is 11.5. The molecule has 4 aliphatic carbocycles. The van der Waals surface area contributed by atoms with E-state index in [9.17, 15) is 5.11 Å². The Labute approximate surface area is 183 Å². The predicted molar refractivity (Wildman–Crippen MR) is 126 cm³/mol. The van der Waals surface area contributed by atoms with Gasteiger partial charge in [0, 0.05) is 25.2 Å². The summed E-state index contributed by atoms with van der Waals surface area (Å²) in [6, 6.07) is 8.78. The number of benzene rings is 1. The molecule has 0 amide bonds. The molecule has 4 aliphatic rings. The van der Waals surface area contributed by atoms with Crippen LogP contribution in [0.3, 0.4) is 0 Å². The van der Waals surface area contributed by atoms with Crippen LogP contribution in [0.4, 0.5) is 5.69 Å². The standard InChI is InChI=1S/C28H41NO/c1-27-15-6-5-7-21(27)10-13-23-24(27)14-16-28(2)25(23)18-20(26(28)30)17-19-8-11-22(12-9-19)29(3)4/h8-9,11-12,17,21,23-26,30H,5-7,10,13-16,18H2,1-4H3/b20-17+/t21-,23-,24+,25+,26-,27+,28+/m1/s1. The van der Waals surface area contributed by atoms with E-state index in [2.05, 4.69) is 63.2 Å². The molecular weight excluding hydrogens is 366 g/mol. The van der Waals surface area contributed by atoms with Gasteiger partial charge in [-0.1, -0.05) is 44.9 Å². The van der Waals surface area contributed by atoms with Crippen molar-refractivity contribution >= 4 is 11.8 Å². The summed E-state index contributed by atoms with van der Waals surface area (Å²) in [7, 11) is 4.16. The molecule has 1 aromatic carbocycles. The van der Waals surface area contributed by atoms with Crippen molar-refractivity contribution in [2.45, 2.75) is 77.7 Å². The zero-order valence-electron chi connectivity index (χ0n) is 19.5. The highest BCUT2D eigenvalue weighted by atomic mass is 16.3. The van der Waals surface area contributed by atoms with Crippen molar-refractivity contribution in [3.05, 3.63) is 35.4 Å². The Morgan fingerprint density at radius 1 is 0.900 bits per heavy atom. The number of aliphatic hydroxyl groups excluding tert-OH is 1. The zero-order chi connectivity index (χ0) is 21.1. The van der Waals surface area contributed by atoms with Crippen LogP contribution in [0.1, 0.15) is 77.2 Å². The highest BCUT2D eigenvalue weighted by Crippen LogP contribution is 2.67. The lowest BCUT2D eigenvalue weighted by atomic mass is 9.45. The second-order valence-corrected chi connectivity index (χ2v) is 11.8. The van der Waals surface area contributed by atoms with Crippen LogP contribution >= 0.6 is 0 Å². The Bertz CT molecular complexity index is 810. The van der Waals surface area contributed by atoms with Crippen molar-refractivity contribution < 1.29 is 5.11 Å². The molecule has 1 aromatic rings. The largest absolute Gasteiger partial charge is 0.388 e. The van der Waals surface area contributed by atoms with E-state index in [4.69, 9.17) is 0 Å². The molecule has 5 rings (SSSR count). The van der Waals surface area contributed by atoms with Gasteiger partial charge in [0.2, 0.25) is 0 Å². The third-order valence-electron chi connectivity index (χ3n) is 10.2. The van der Waals surface area contributed by atoms with Crippen LogP contribution in [0.15, 0.2) is 29.8 Å². The minimum absolute atomic E-state index is 0.0778. The molecule has 7 atom stereocenters. The van der Waals surface area contributed by atoms with Crippen LogP contribution in [-0.4, -0.2) is 25.3 Å². The molecule has 0 unspecified atom stereocenters.